The molecule has 1 aliphatic rings. The molecule has 2 aromatic rings. The van der Waals surface area contributed by atoms with E-state index in [1.54, 1.807) is 45.2 Å². The summed E-state index contributed by atoms with van der Waals surface area (Å²) < 4.78 is 5.10. The predicted octanol–water partition coefficient (Wildman–Crippen LogP) is 3.00. The number of carbonyl (C=O) groups excluding carboxylic acids is 5. The number of amides is 4. The number of carbonyl (C=O) groups is 5. The molecule has 0 unspecified atom stereocenters. The summed E-state index contributed by atoms with van der Waals surface area (Å²) in [5.74, 6) is -2.51. The highest BCUT2D eigenvalue weighted by Gasteiger charge is 2.41. The van der Waals surface area contributed by atoms with Crippen molar-refractivity contribution in [2.45, 2.75) is 64.9 Å². The molecule has 4 amide bonds. The summed E-state index contributed by atoms with van der Waals surface area (Å²) in [6.07, 6.45) is -0.408. The smallest absolute Gasteiger partial charge is 0.377 e. The van der Waals surface area contributed by atoms with Crippen molar-refractivity contribution < 1.29 is 28.7 Å². The van der Waals surface area contributed by atoms with Crippen LogP contribution >= 0.6 is 11.8 Å². The highest BCUT2D eigenvalue weighted by atomic mass is 32.2. The van der Waals surface area contributed by atoms with Crippen molar-refractivity contribution >= 4 is 41.4 Å². The van der Waals surface area contributed by atoms with Crippen molar-refractivity contribution in [3.05, 3.63) is 71.8 Å². The van der Waals surface area contributed by atoms with Gasteiger partial charge in [0.05, 0.1) is 12.0 Å². The van der Waals surface area contributed by atoms with Gasteiger partial charge in [0, 0.05) is 25.8 Å². The van der Waals surface area contributed by atoms with Crippen LogP contribution in [0, 0.1) is 5.92 Å². The standard InChI is InChI=1S/C31H40N4O6S/c1-20(2)26(33-31(40)34(5)17-23-14-10-7-11-15-23)29(38)35-19-42-18-25(35)28(37)32-24(16-22-12-8-6-9-13-22)27(36)30(39)41-21(3)4/h6-15,20-21,24-26H,16-19H2,1-5H3,(H,32,37)(H,33,40)/t24-,25-,26-/m0/s1. The molecule has 0 aromatic heterocycles. The van der Waals surface area contributed by atoms with Gasteiger partial charge < -0.3 is 25.2 Å². The van der Waals surface area contributed by atoms with Crippen LogP contribution in [0.25, 0.3) is 0 Å². The Morgan fingerprint density at radius 1 is 0.929 bits per heavy atom. The minimum atomic E-state index is -1.17. The van der Waals surface area contributed by atoms with E-state index in [9.17, 15) is 24.0 Å². The van der Waals surface area contributed by atoms with Gasteiger partial charge in [-0.05, 0) is 30.9 Å². The maximum atomic E-state index is 13.7. The largest absolute Gasteiger partial charge is 0.457 e. The van der Waals surface area contributed by atoms with Gasteiger partial charge in [0.2, 0.25) is 11.8 Å². The third kappa shape index (κ3) is 9.07. The number of esters is 1. The van der Waals surface area contributed by atoms with Crippen LogP contribution in [0.2, 0.25) is 0 Å². The SMILES string of the molecule is CC(C)OC(=O)C(=O)[C@H](Cc1ccccc1)NC(=O)[C@@H]1CSCN1C(=O)[C@@H](NC(=O)N(C)Cc1ccccc1)C(C)C. The van der Waals surface area contributed by atoms with Crippen molar-refractivity contribution in [1.29, 1.82) is 0 Å². The molecule has 0 saturated carbocycles. The van der Waals surface area contributed by atoms with Gasteiger partial charge in [-0.15, -0.1) is 11.8 Å². The third-order valence-corrected chi connectivity index (χ3v) is 7.76. The lowest BCUT2D eigenvalue weighted by atomic mass is 10.0. The second-order valence-corrected chi connectivity index (χ2v) is 11.9. The number of urea groups is 1. The molecule has 10 nitrogen and oxygen atoms in total. The Labute approximate surface area is 251 Å². The highest BCUT2D eigenvalue weighted by Crippen LogP contribution is 2.24. The van der Waals surface area contributed by atoms with Crippen molar-refractivity contribution in [3.63, 3.8) is 0 Å². The zero-order valence-electron chi connectivity index (χ0n) is 24.7. The first-order valence-electron chi connectivity index (χ1n) is 14.0. The van der Waals surface area contributed by atoms with Crippen LogP contribution in [0.15, 0.2) is 60.7 Å². The Bertz CT molecular complexity index is 1240. The lowest BCUT2D eigenvalue weighted by molar-refractivity contribution is -0.158. The lowest BCUT2D eigenvalue weighted by Gasteiger charge is -2.31. The minimum absolute atomic E-state index is 0.0881. The fourth-order valence-corrected chi connectivity index (χ4v) is 5.65. The van der Waals surface area contributed by atoms with E-state index in [0.717, 1.165) is 11.1 Å². The van der Waals surface area contributed by atoms with E-state index in [4.69, 9.17) is 4.74 Å². The molecule has 0 bridgehead atoms. The van der Waals surface area contributed by atoms with Crippen LogP contribution in [0.1, 0.15) is 38.8 Å². The number of ketones is 1. The molecule has 3 rings (SSSR count). The molecular weight excluding hydrogens is 556 g/mol. The van der Waals surface area contributed by atoms with Crippen molar-refractivity contribution in [2.24, 2.45) is 5.92 Å². The van der Waals surface area contributed by atoms with Crippen LogP contribution in [-0.2, 0) is 36.9 Å². The third-order valence-electron chi connectivity index (χ3n) is 6.75. The number of nitrogens with one attached hydrogen (secondary N) is 2. The fraction of sp³-hybridized carbons (Fsp3) is 0.452. The zero-order chi connectivity index (χ0) is 30.8. The summed E-state index contributed by atoms with van der Waals surface area (Å²) in [6.45, 7) is 7.30. The summed E-state index contributed by atoms with van der Waals surface area (Å²) in [7, 11) is 1.65. The number of hydrogen-bond donors (Lipinski definition) is 2. The molecule has 0 radical (unpaired) electrons. The number of nitrogens with zero attached hydrogens (tertiary/aromatic N) is 2. The van der Waals surface area contributed by atoms with Crippen molar-refractivity contribution in [2.75, 3.05) is 18.7 Å². The second-order valence-electron chi connectivity index (χ2n) is 10.9. The molecule has 0 spiro atoms. The monoisotopic (exact) mass is 596 g/mol. The molecule has 42 heavy (non-hydrogen) atoms. The predicted molar refractivity (Wildman–Crippen MR) is 161 cm³/mol. The topological polar surface area (TPSA) is 125 Å². The van der Waals surface area contributed by atoms with Gasteiger partial charge in [-0.3, -0.25) is 14.4 Å². The van der Waals surface area contributed by atoms with Gasteiger partial charge in [-0.1, -0.05) is 74.5 Å². The maximum absolute atomic E-state index is 13.7. The summed E-state index contributed by atoms with van der Waals surface area (Å²) >= 11 is 1.40. The van der Waals surface area contributed by atoms with Gasteiger partial charge in [0.1, 0.15) is 18.1 Å². The van der Waals surface area contributed by atoms with E-state index < -0.39 is 47.9 Å². The average molecular weight is 597 g/mol. The molecule has 1 heterocycles. The molecule has 1 fully saturated rings. The van der Waals surface area contributed by atoms with E-state index >= 15 is 0 Å². The average Bonchev–Trinajstić information content (AvgIpc) is 3.45. The Hall–Kier alpha value is -3.86. The molecule has 2 N–H and O–H groups in total. The summed E-state index contributed by atoms with van der Waals surface area (Å²) in [5, 5.41) is 5.55. The Morgan fingerprint density at radius 3 is 2.10 bits per heavy atom. The molecule has 226 valence electrons. The molecule has 1 aliphatic heterocycles. The Morgan fingerprint density at radius 2 is 1.52 bits per heavy atom. The zero-order valence-corrected chi connectivity index (χ0v) is 25.6. The quantitative estimate of drug-likeness (QED) is 0.285. The van der Waals surface area contributed by atoms with Gasteiger partial charge in [-0.2, -0.15) is 0 Å². The number of rotatable bonds is 12. The van der Waals surface area contributed by atoms with Gasteiger partial charge >= 0.3 is 12.0 Å². The second kappa shape index (κ2) is 15.4. The summed E-state index contributed by atoms with van der Waals surface area (Å²) in [4.78, 5) is 68.7. The molecule has 2 aromatic carbocycles. The van der Waals surface area contributed by atoms with E-state index in [-0.39, 0.29) is 24.1 Å². The fourth-order valence-electron chi connectivity index (χ4n) is 4.48. The van der Waals surface area contributed by atoms with Gasteiger partial charge in [0.25, 0.3) is 5.78 Å². The number of Topliss-reactive ketones (excluding diaryl/α,β-unsaturated/α-hetero) is 1. The van der Waals surface area contributed by atoms with Crippen LogP contribution in [0.5, 0.6) is 0 Å². The van der Waals surface area contributed by atoms with Gasteiger partial charge in [-0.25, -0.2) is 9.59 Å². The molecule has 0 aliphatic carbocycles. The number of thioether (sulfide) groups is 1. The van der Waals surface area contributed by atoms with Gasteiger partial charge in [0.15, 0.2) is 0 Å². The first-order chi connectivity index (χ1) is 20.0. The molecule has 11 heteroatoms. The van der Waals surface area contributed by atoms with Crippen LogP contribution in [0.4, 0.5) is 4.79 Å². The normalized spacial score (nSPS) is 16.1. The minimum Gasteiger partial charge on any atom is -0.457 e. The van der Waals surface area contributed by atoms with Crippen molar-refractivity contribution in [3.8, 4) is 0 Å². The summed E-state index contributed by atoms with van der Waals surface area (Å²) in [6, 6.07) is 15.2. The first-order valence-corrected chi connectivity index (χ1v) is 15.2. The molecule has 3 atom stereocenters. The molecule has 1 saturated heterocycles. The van der Waals surface area contributed by atoms with E-state index in [1.165, 1.54) is 21.6 Å². The summed E-state index contributed by atoms with van der Waals surface area (Å²) in [5.41, 5.74) is 1.71. The van der Waals surface area contributed by atoms with Crippen LogP contribution in [-0.4, -0.2) is 82.3 Å². The van der Waals surface area contributed by atoms with Crippen LogP contribution in [0.3, 0.4) is 0 Å². The highest BCUT2D eigenvalue weighted by molar-refractivity contribution is 7.99. The Kier molecular flexibility index (Phi) is 12.0. The maximum Gasteiger partial charge on any atom is 0.377 e. The first kappa shape index (κ1) is 32.7. The number of ether oxygens (including phenoxy) is 1. The lowest BCUT2D eigenvalue weighted by Crippen LogP contribution is -2.58. The van der Waals surface area contributed by atoms with E-state index in [2.05, 4.69) is 10.6 Å². The van der Waals surface area contributed by atoms with E-state index in [1.807, 2.05) is 50.2 Å². The van der Waals surface area contributed by atoms with Crippen molar-refractivity contribution in [1.82, 2.24) is 20.4 Å². The molecular formula is C31H40N4O6S. The van der Waals surface area contributed by atoms with Crippen LogP contribution < -0.4 is 10.6 Å². The Balaban J connectivity index is 1.72. The number of hydrogen-bond acceptors (Lipinski definition) is 7. The van der Waals surface area contributed by atoms with E-state index in [0.29, 0.717) is 12.3 Å². The number of benzene rings is 2.